The van der Waals surface area contributed by atoms with Crippen LogP contribution in [0.1, 0.15) is 15.9 Å². The summed E-state index contributed by atoms with van der Waals surface area (Å²) in [6, 6.07) is 11.9. The van der Waals surface area contributed by atoms with Crippen LogP contribution in [-0.2, 0) is 9.16 Å². The average molecular weight is 404 g/mol. The SMILES string of the molecule is C=C(N=Cc1cc(Cl)ccc1Oc1ccc(C(=O)OC)cc1)O[Si](C)(C)C. The molecule has 0 aliphatic carbocycles. The van der Waals surface area contributed by atoms with E-state index in [-0.39, 0.29) is 0 Å². The summed E-state index contributed by atoms with van der Waals surface area (Å²) in [5, 5.41) is 0.557. The monoisotopic (exact) mass is 403 g/mol. The van der Waals surface area contributed by atoms with Crippen molar-refractivity contribution in [1.29, 1.82) is 0 Å². The molecule has 0 amide bonds. The van der Waals surface area contributed by atoms with Gasteiger partial charge in [-0.3, -0.25) is 0 Å². The zero-order chi connectivity index (χ0) is 20.0. The highest BCUT2D eigenvalue weighted by Gasteiger charge is 2.16. The van der Waals surface area contributed by atoms with Crippen molar-refractivity contribution >= 4 is 32.1 Å². The maximum absolute atomic E-state index is 11.5. The van der Waals surface area contributed by atoms with E-state index in [2.05, 4.69) is 35.9 Å². The highest BCUT2D eigenvalue weighted by atomic mass is 35.5. The number of methoxy groups -OCH3 is 1. The number of nitrogens with zero attached hydrogens (tertiary/aromatic N) is 1. The Bertz CT molecular complexity index is 857. The summed E-state index contributed by atoms with van der Waals surface area (Å²) in [4.78, 5) is 15.8. The fourth-order valence-corrected chi connectivity index (χ4v) is 3.08. The van der Waals surface area contributed by atoms with E-state index in [4.69, 9.17) is 20.8 Å². The van der Waals surface area contributed by atoms with E-state index in [1.807, 2.05) is 0 Å². The van der Waals surface area contributed by atoms with Crippen molar-refractivity contribution in [3.8, 4) is 11.5 Å². The molecule has 27 heavy (non-hydrogen) atoms. The van der Waals surface area contributed by atoms with Gasteiger partial charge in [-0.1, -0.05) is 11.6 Å². The molecule has 0 unspecified atom stereocenters. The first kappa shape index (κ1) is 20.7. The van der Waals surface area contributed by atoms with E-state index in [0.29, 0.717) is 33.5 Å². The molecule has 2 aromatic rings. The van der Waals surface area contributed by atoms with Gasteiger partial charge in [0.1, 0.15) is 11.5 Å². The summed E-state index contributed by atoms with van der Waals surface area (Å²) >= 11 is 6.10. The first-order chi connectivity index (χ1) is 12.7. The molecule has 0 aromatic heterocycles. The standard InChI is InChI=1S/C20H22ClNO4Si/c1-14(26-27(3,4)5)22-13-16-12-17(21)8-11-19(16)25-18-9-6-15(7-10-18)20(23)24-2/h6-13H,1H2,2-5H3. The zero-order valence-electron chi connectivity index (χ0n) is 15.8. The minimum atomic E-state index is -1.77. The van der Waals surface area contributed by atoms with Gasteiger partial charge in [0, 0.05) is 16.8 Å². The molecular formula is C20H22ClNO4Si. The molecule has 0 saturated carbocycles. The largest absolute Gasteiger partial charge is 0.532 e. The number of carbonyl (C=O) groups excluding carboxylic acids is 1. The van der Waals surface area contributed by atoms with Crippen molar-refractivity contribution < 1.29 is 18.7 Å². The van der Waals surface area contributed by atoms with Gasteiger partial charge in [0.05, 0.1) is 12.7 Å². The van der Waals surface area contributed by atoms with Gasteiger partial charge in [0.2, 0.25) is 8.32 Å². The topological polar surface area (TPSA) is 57.1 Å². The van der Waals surface area contributed by atoms with Crippen molar-refractivity contribution in [3.05, 3.63) is 71.1 Å². The van der Waals surface area contributed by atoms with E-state index in [1.165, 1.54) is 7.11 Å². The fraction of sp³-hybridized carbons (Fsp3) is 0.200. The third-order valence-electron chi connectivity index (χ3n) is 3.25. The second-order valence-corrected chi connectivity index (χ2v) is 11.5. The molecule has 7 heteroatoms. The van der Waals surface area contributed by atoms with Gasteiger partial charge in [-0.25, -0.2) is 9.79 Å². The Labute approximate surface area is 165 Å². The number of benzene rings is 2. The van der Waals surface area contributed by atoms with Crippen LogP contribution in [0.2, 0.25) is 24.7 Å². The average Bonchev–Trinajstić information content (AvgIpc) is 2.60. The van der Waals surface area contributed by atoms with E-state index in [0.717, 1.165) is 0 Å². The van der Waals surface area contributed by atoms with Crippen LogP contribution in [0.4, 0.5) is 0 Å². The second kappa shape index (κ2) is 8.88. The van der Waals surface area contributed by atoms with Crippen molar-refractivity contribution in [3.63, 3.8) is 0 Å². The summed E-state index contributed by atoms with van der Waals surface area (Å²) in [7, 11) is -0.431. The number of hydrogen-bond donors (Lipinski definition) is 0. The molecule has 0 spiro atoms. The Morgan fingerprint density at radius 2 is 1.81 bits per heavy atom. The van der Waals surface area contributed by atoms with Gasteiger partial charge in [-0.05, 0) is 68.7 Å². The van der Waals surface area contributed by atoms with Gasteiger partial charge >= 0.3 is 5.97 Å². The van der Waals surface area contributed by atoms with Crippen LogP contribution in [0.15, 0.2) is 59.9 Å². The first-order valence-corrected chi connectivity index (χ1v) is 12.0. The Morgan fingerprint density at radius 1 is 1.15 bits per heavy atom. The highest BCUT2D eigenvalue weighted by molar-refractivity contribution is 6.70. The van der Waals surface area contributed by atoms with Crippen LogP contribution in [0.25, 0.3) is 0 Å². The number of esters is 1. The van der Waals surface area contributed by atoms with Gasteiger partial charge in [-0.2, -0.15) is 0 Å². The molecule has 0 radical (unpaired) electrons. The molecule has 0 saturated heterocycles. The van der Waals surface area contributed by atoms with Gasteiger partial charge in [0.15, 0.2) is 5.88 Å². The van der Waals surface area contributed by atoms with Crippen LogP contribution >= 0.6 is 11.6 Å². The number of rotatable bonds is 7. The van der Waals surface area contributed by atoms with Crippen LogP contribution in [0.3, 0.4) is 0 Å². The molecule has 0 bridgehead atoms. The lowest BCUT2D eigenvalue weighted by Gasteiger charge is -2.18. The molecule has 5 nitrogen and oxygen atoms in total. The Morgan fingerprint density at radius 3 is 2.41 bits per heavy atom. The van der Waals surface area contributed by atoms with E-state index in [9.17, 15) is 4.79 Å². The van der Waals surface area contributed by atoms with Crippen molar-refractivity contribution in [1.82, 2.24) is 0 Å². The van der Waals surface area contributed by atoms with E-state index < -0.39 is 14.3 Å². The molecular weight excluding hydrogens is 382 g/mol. The molecule has 0 aliphatic rings. The summed E-state index contributed by atoms with van der Waals surface area (Å²) in [5.41, 5.74) is 1.13. The Kier molecular flexibility index (Phi) is 6.82. The third kappa shape index (κ3) is 6.58. The minimum Gasteiger partial charge on any atom is -0.532 e. The molecule has 2 rings (SSSR count). The maximum atomic E-state index is 11.5. The van der Waals surface area contributed by atoms with Gasteiger partial charge in [0.25, 0.3) is 0 Å². The molecule has 0 aliphatic heterocycles. The van der Waals surface area contributed by atoms with Crippen LogP contribution in [0.5, 0.6) is 11.5 Å². The summed E-state index contributed by atoms with van der Waals surface area (Å²) < 4.78 is 16.3. The lowest BCUT2D eigenvalue weighted by Crippen LogP contribution is -2.24. The summed E-state index contributed by atoms with van der Waals surface area (Å²) in [6.45, 7) is 9.99. The smallest absolute Gasteiger partial charge is 0.337 e. The quantitative estimate of drug-likeness (QED) is 0.259. The number of hydrogen-bond acceptors (Lipinski definition) is 5. The van der Waals surface area contributed by atoms with Crippen LogP contribution in [0, 0.1) is 0 Å². The molecule has 2 aromatic carbocycles. The number of ether oxygens (including phenoxy) is 2. The van der Waals surface area contributed by atoms with Gasteiger partial charge in [-0.15, -0.1) is 0 Å². The lowest BCUT2D eigenvalue weighted by atomic mass is 10.2. The third-order valence-corrected chi connectivity index (χ3v) is 4.33. The molecule has 0 heterocycles. The fourth-order valence-electron chi connectivity index (χ4n) is 2.14. The Hall–Kier alpha value is -2.57. The predicted octanol–water partition coefficient (Wildman–Crippen LogP) is 5.66. The highest BCUT2D eigenvalue weighted by Crippen LogP contribution is 2.27. The van der Waals surface area contributed by atoms with E-state index in [1.54, 1.807) is 48.7 Å². The molecule has 0 fully saturated rings. The lowest BCUT2D eigenvalue weighted by molar-refractivity contribution is 0.0600. The zero-order valence-corrected chi connectivity index (χ0v) is 17.5. The van der Waals surface area contributed by atoms with E-state index >= 15 is 0 Å². The second-order valence-electron chi connectivity index (χ2n) is 6.67. The summed E-state index contributed by atoms with van der Waals surface area (Å²) in [5.74, 6) is 1.08. The van der Waals surface area contributed by atoms with Crippen molar-refractivity contribution in [2.24, 2.45) is 4.99 Å². The molecule has 0 N–H and O–H groups in total. The molecule has 0 atom stereocenters. The van der Waals surface area contributed by atoms with Gasteiger partial charge < -0.3 is 13.9 Å². The number of aliphatic imine (C=N–C) groups is 1. The van der Waals surface area contributed by atoms with Crippen LogP contribution < -0.4 is 4.74 Å². The molecule has 142 valence electrons. The normalized spacial score (nSPS) is 11.3. The van der Waals surface area contributed by atoms with Crippen molar-refractivity contribution in [2.75, 3.05) is 7.11 Å². The minimum absolute atomic E-state index is 0.350. The van der Waals surface area contributed by atoms with Crippen molar-refractivity contribution in [2.45, 2.75) is 19.6 Å². The van der Waals surface area contributed by atoms with Crippen LogP contribution in [-0.4, -0.2) is 27.6 Å². The predicted molar refractivity (Wildman–Crippen MR) is 110 cm³/mol. The number of carbonyl (C=O) groups is 1. The Balaban J connectivity index is 2.20. The maximum Gasteiger partial charge on any atom is 0.337 e. The number of halogens is 1. The first-order valence-electron chi connectivity index (χ1n) is 8.26. The summed E-state index contributed by atoms with van der Waals surface area (Å²) in [6.07, 6.45) is 1.60.